The van der Waals surface area contributed by atoms with Crippen molar-refractivity contribution in [3.8, 4) is 5.75 Å². The molecule has 0 saturated heterocycles. The summed E-state index contributed by atoms with van der Waals surface area (Å²) in [5.41, 5.74) is 6.63. The molecule has 0 aromatic heterocycles. The summed E-state index contributed by atoms with van der Waals surface area (Å²) in [5, 5.41) is 0. The Hall–Kier alpha value is -1.36. The van der Waals surface area contributed by atoms with Gasteiger partial charge in [-0.2, -0.15) is 0 Å². The molecule has 0 amide bonds. The van der Waals surface area contributed by atoms with E-state index >= 15 is 0 Å². The molecule has 0 aliphatic carbocycles. The molecule has 0 bridgehead atoms. The molecule has 0 saturated carbocycles. The number of aryl methyl sites for hydroxylation is 2. The molecule has 1 atom stereocenters. The molecule has 2 rings (SSSR count). The van der Waals surface area contributed by atoms with Crippen molar-refractivity contribution in [1.29, 1.82) is 0 Å². The van der Waals surface area contributed by atoms with Crippen molar-refractivity contribution in [3.63, 3.8) is 0 Å². The molecule has 0 spiro atoms. The summed E-state index contributed by atoms with van der Waals surface area (Å²) in [7, 11) is 1.68. The van der Waals surface area contributed by atoms with E-state index in [9.17, 15) is 0 Å². The van der Waals surface area contributed by atoms with E-state index in [0.29, 0.717) is 0 Å². The van der Waals surface area contributed by atoms with E-state index in [1.165, 1.54) is 16.7 Å². The second-order valence-electron chi connectivity index (χ2n) is 5.11. The molecule has 3 N–H and O–H groups in total. The predicted molar refractivity (Wildman–Crippen MR) is 90.3 cm³/mol. The van der Waals surface area contributed by atoms with Crippen molar-refractivity contribution in [2.75, 3.05) is 7.11 Å². The first-order chi connectivity index (χ1) is 10.1. The van der Waals surface area contributed by atoms with Crippen LogP contribution in [0.5, 0.6) is 5.75 Å². The molecule has 0 fully saturated rings. The lowest BCUT2D eigenvalue weighted by Crippen LogP contribution is -2.28. The fourth-order valence-electron chi connectivity index (χ4n) is 2.33. The van der Waals surface area contributed by atoms with Gasteiger partial charge in [0, 0.05) is 10.5 Å². The van der Waals surface area contributed by atoms with Crippen LogP contribution in [-0.4, -0.2) is 7.11 Å². The third-order valence-electron chi connectivity index (χ3n) is 3.67. The second-order valence-corrected chi connectivity index (χ2v) is 5.97. The molecule has 3 nitrogen and oxygen atoms in total. The molecule has 0 radical (unpaired) electrons. The van der Waals surface area contributed by atoms with Crippen molar-refractivity contribution in [1.82, 2.24) is 5.43 Å². The zero-order valence-corrected chi connectivity index (χ0v) is 14.0. The van der Waals surface area contributed by atoms with Gasteiger partial charge in [0.05, 0.1) is 7.11 Å². The smallest absolute Gasteiger partial charge is 0.118 e. The Balaban J connectivity index is 2.02. The maximum Gasteiger partial charge on any atom is 0.118 e. The van der Waals surface area contributed by atoms with Gasteiger partial charge in [-0.05, 0) is 54.7 Å². The van der Waals surface area contributed by atoms with Crippen LogP contribution in [0.15, 0.2) is 46.9 Å². The van der Waals surface area contributed by atoms with Gasteiger partial charge < -0.3 is 4.74 Å². The summed E-state index contributed by atoms with van der Waals surface area (Å²) in [6.45, 7) is 2.09. The zero-order valence-electron chi connectivity index (χ0n) is 12.4. The Labute approximate surface area is 134 Å². The number of hydrogen-bond acceptors (Lipinski definition) is 3. The molecule has 2 aromatic rings. The van der Waals surface area contributed by atoms with E-state index in [1.807, 2.05) is 12.1 Å². The maximum absolute atomic E-state index is 5.72. The van der Waals surface area contributed by atoms with Gasteiger partial charge >= 0.3 is 0 Å². The first-order valence-corrected chi connectivity index (χ1v) is 7.78. The number of ether oxygens (including phenoxy) is 1. The number of benzene rings is 2. The summed E-state index contributed by atoms with van der Waals surface area (Å²) in [4.78, 5) is 0. The normalized spacial score (nSPS) is 12.2. The van der Waals surface area contributed by atoms with Crippen molar-refractivity contribution >= 4 is 15.9 Å². The van der Waals surface area contributed by atoms with Crippen LogP contribution in [0.4, 0.5) is 0 Å². The average molecular weight is 349 g/mol. The Morgan fingerprint density at radius 1 is 1.19 bits per heavy atom. The monoisotopic (exact) mass is 348 g/mol. The van der Waals surface area contributed by atoms with Crippen LogP contribution >= 0.6 is 15.9 Å². The lowest BCUT2D eigenvalue weighted by atomic mass is 9.98. The number of hydrogen-bond donors (Lipinski definition) is 2. The maximum atomic E-state index is 5.72. The average Bonchev–Trinajstić information content (AvgIpc) is 2.52. The molecular formula is C17H21BrN2O. The van der Waals surface area contributed by atoms with Crippen LogP contribution in [0.25, 0.3) is 0 Å². The highest BCUT2D eigenvalue weighted by Crippen LogP contribution is 2.24. The largest absolute Gasteiger partial charge is 0.497 e. The first-order valence-electron chi connectivity index (χ1n) is 6.99. The van der Waals surface area contributed by atoms with Crippen LogP contribution in [0.3, 0.4) is 0 Å². The van der Waals surface area contributed by atoms with Gasteiger partial charge in [-0.25, -0.2) is 0 Å². The van der Waals surface area contributed by atoms with E-state index in [0.717, 1.165) is 23.1 Å². The minimum absolute atomic E-state index is 0.152. The Bertz CT molecular complexity index is 584. The highest BCUT2D eigenvalue weighted by atomic mass is 79.9. The molecule has 4 heteroatoms. The van der Waals surface area contributed by atoms with Crippen molar-refractivity contribution in [2.24, 2.45) is 5.84 Å². The highest BCUT2D eigenvalue weighted by molar-refractivity contribution is 9.10. The van der Waals surface area contributed by atoms with Crippen molar-refractivity contribution < 1.29 is 4.74 Å². The van der Waals surface area contributed by atoms with Crippen LogP contribution in [-0.2, 0) is 6.42 Å². The lowest BCUT2D eigenvalue weighted by molar-refractivity contribution is 0.414. The second kappa shape index (κ2) is 7.59. The summed E-state index contributed by atoms with van der Waals surface area (Å²) in [5.74, 6) is 6.61. The Morgan fingerprint density at radius 2 is 1.90 bits per heavy atom. The third kappa shape index (κ3) is 4.30. The highest BCUT2D eigenvalue weighted by Gasteiger charge is 2.11. The minimum Gasteiger partial charge on any atom is -0.497 e. The SMILES string of the molecule is COc1ccc(CCC(NN)c2ccc(Br)c(C)c2)cc1. The summed E-state index contributed by atoms with van der Waals surface area (Å²) in [6.07, 6.45) is 1.91. The van der Waals surface area contributed by atoms with Gasteiger partial charge in [0.15, 0.2) is 0 Å². The Kier molecular flexibility index (Phi) is 5.79. The lowest BCUT2D eigenvalue weighted by Gasteiger charge is -2.17. The molecule has 1 unspecified atom stereocenters. The van der Waals surface area contributed by atoms with Gasteiger partial charge in [0.2, 0.25) is 0 Å². The zero-order chi connectivity index (χ0) is 15.2. The van der Waals surface area contributed by atoms with E-state index in [2.05, 4.69) is 58.6 Å². The topological polar surface area (TPSA) is 47.3 Å². The van der Waals surface area contributed by atoms with E-state index in [4.69, 9.17) is 10.6 Å². The summed E-state index contributed by atoms with van der Waals surface area (Å²) < 4.78 is 6.30. The molecule has 0 heterocycles. The van der Waals surface area contributed by atoms with Gasteiger partial charge in [0.1, 0.15) is 5.75 Å². The first kappa shape index (κ1) is 16.0. The number of nitrogens with two attached hydrogens (primary N) is 1. The van der Waals surface area contributed by atoms with Crippen LogP contribution in [0, 0.1) is 6.92 Å². The quantitative estimate of drug-likeness (QED) is 0.614. The standard InChI is InChI=1S/C17H21BrN2O/c1-12-11-14(6-9-16(12)18)17(20-19)10-5-13-3-7-15(21-2)8-4-13/h3-4,6-9,11,17,20H,5,10,19H2,1-2H3. The van der Waals surface area contributed by atoms with Crippen LogP contribution in [0.1, 0.15) is 29.2 Å². The molecule has 2 aromatic carbocycles. The van der Waals surface area contributed by atoms with Gasteiger partial charge in [-0.15, -0.1) is 0 Å². The molecule has 21 heavy (non-hydrogen) atoms. The van der Waals surface area contributed by atoms with Gasteiger partial charge in [-0.3, -0.25) is 11.3 Å². The van der Waals surface area contributed by atoms with Crippen molar-refractivity contribution in [3.05, 3.63) is 63.6 Å². The van der Waals surface area contributed by atoms with Gasteiger partial charge in [0.25, 0.3) is 0 Å². The predicted octanol–water partition coefficient (Wildman–Crippen LogP) is 3.90. The molecular weight excluding hydrogens is 328 g/mol. The van der Waals surface area contributed by atoms with Crippen molar-refractivity contribution in [2.45, 2.75) is 25.8 Å². The molecule has 0 aliphatic heterocycles. The number of rotatable bonds is 6. The fraction of sp³-hybridized carbons (Fsp3) is 0.294. The van der Waals surface area contributed by atoms with E-state index in [1.54, 1.807) is 7.11 Å². The van der Waals surface area contributed by atoms with Gasteiger partial charge in [-0.1, -0.05) is 40.2 Å². The number of hydrazine groups is 1. The molecule has 0 aliphatic rings. The minimum atomic E-state index is 0.152. The van der Waals surface area contributed by atoms with Crippen LogP contribution in [0.2, 0.25) is 0 Å². The Morgan fingerprint density at radius 3 is 2.48 bits per heavy atom. The van der Waals surface area contributed by atoms with Crippen LogP contribution < -0.4 is 16.0 Å². The van der Waals surface area contributed by atoms with E-state index in [-0.39, 0.29) is 6.04 Å². The fourth-order valence-corrected chi connectivity index (χ4v) is 2.58. The van der Waals surface area contributed by atoms with E-state index < -0.39 is 0 Å². The summed E-state index contributed by atoms with van der Waals surface area (Å²) >= 11 is 3.53. The third-order valence-corrected chi connectivity index (χ3v) is 4.56. The number of nitrogens with one attached hydrogen (secondary N) is 1. The molecule has 112 valence electrons. The number of halogens is 1. The number of methoxy groups -OCH3 is 1. The summed E-state index contributed by atoms with van der Waals surface area (Å²) in [6, 6.07) is 14.7.